The fourth-order valence-electron chi connectivity index (χ4n) is 1.23. The van der Waals surface area contributed by atoms with E-state index in [4.69, 9.17) is 9.84 Å². The van der Waals surface area contributed by atoms with Crippen molar-refractivity contribution in [3.63, 3.8) is 0 Å². The first-order chi connectivity index (χ1) is 8.04. The van der Waals surface area contributed by atoms with Crippen molar-refractivity contribution < 1.29 is 9.84 Å². The molecule has 0 amide bonds. The molecule has 0 saturated carbocycles. The van der Waals surface area contributed by atoms with Crippen molar-refractivity contribution in [2.45, 2.75) is 32.9 Å². The minimum absolute atomic E-state index is 0.0323. The third-order valence-corrected chi connectivity index (χ3v) is 2.19. The zero-order chi connectivity index (χ0) is 12.7. The second kappa shape index (κ2) is 6.68. The minimum atomic E-state index is -0.0323. The molecule has 1 rings (SSSR count). The second-order valence-electron chi connectivity index (χ2n) is 4.84. The molecule has 17 heavy (non-hydrogen) atoms. The van der Waals surface area contributed by atoms with Crippen molar-refractivity contribution >= 4 is 0 Å². The summed E-state index contributed by atoms with van der Waals surface area (Å²) < 4.78 is 6.98. The molecule has 2 N–H and O–H groups in total. The van der Waals surface area contributed by atoms with Crippen molar-refractivity contribution in [1.29, 1.82) is 0 Å². The first-order valence-corrected chi connectivity index (χ1v) is 5.85. The SMILES string of the molecule is CC(C)(C)n1cc(CNCCOCCO)nn1. The van der Waals surface area contributed by atoms with Gasteiger partial charge in [-0.2, -0.15) is 0 Å². The number of ether oxygens (including phenoxy) is 1. The van der Waals surface area contributed by atoms with Gasteiger partial charge in [0.2, 0.25) is 0 Å². The van der Waals surface area contributed by atoms with E-state index in [1.807, 2.05) is 10.9 Å². The van der Waals surface area contributed by atoms with E-state index in [0.717, 1.165) is 12.2 Å². The van der Waals surface area contributed by atoms with Crippen molar-refractivity contribution in [1.82, 2.24) is 20.3 Å². The fraction of sp³-hybridized carbons (Fsp3) is 0.818. The molecular weight excluding hydrogens is 220 g/mol. The van der Waals surface area contributed by atoms with Gasteiger partial charge in [-0.3, -0.25) is 0 Å². The molecule has 0 radical (unpaired) electrons. The summed E-state index contributed by atoms with van der Waals surface area (Å²) in [4.78, 5) is 0. The summed E-state index contributed by atoms with van der Waals surface area (Å²) in [6.07, 6.45) is 1.95. The molecule has 0 aliphatic rings. The van der Waals surface area contributed by atoms with Crippen LogP contribution in [0, 0.1) is 0 Å². The van der Waals surface area contributed by atoms with Crippen LogP contribution in [0.1, 0.15) is 26.5 Å². The van der Waals surface area contributed by atoms with Gasteiger partial charge in [0.15, 0.2) is 0 Å². The Bertz CT molecular complexity index is 320. The Morgan fingerprint density at radius 1 is 1.41 bits per heavy atom. The summed E-state index contributed by atoms with van der Waals surface area (Å²) in [5.41, 5.74) is 0.886. The van der Waals surface area contributed by atoms with Crippen LogP contribution >= 0.6 is 0 Å². The number of aromatic nitrogens is 3. The van der Waals surface area contributed by atoms with Crippen LogP contribution in [0.25, 0.3) is 0 Å². The van der Waals surface area contributed by atoms with Gasteiger partial charge in [0, 0.05) is 13.1 Å². The average molecular weight is 242 g/mol. The van der Waals surface area contributed by atoms with Gasteiger partial charge in [-0.15, -0.1) is 5.10 Å². The van der Waals surface area contributed by atoms with E-state index in [9.17, 15) is 0 Å². The molecular formula is C11H22N4O2. The number of hydrogen-bond donors (Lipinski definition) is 2. The molecule has 98 valence electrons. The van der Waals surface area contributed by atoms with E-state index >= 15 is 0 Å². The number of nitrogens with one attached hydrogen (secondary N) is 1. The second-order valence-corrected chi connectivity index (χ2v) is 4.84. The van der Waals surface area contributed by atoms with Crippen LogP contribution in [0.3, 0.4) is 0 Å². The maximum atomic E-state index is 8.51. The van der Waals surface area contributed by atoms with Crippen molar-refractivity contribution in [2.24, 2.45) is 0 Å². The van der Waals surface area contributed by atoms with Crippen LogP contribution in [-0.4, -0.2) is 46.5 Å². The van der Waals surface area contributed by atoms with E-state index < -0.39 is 0 Å². The predicted octanol–water partition coefficient (Wildman–Crippen LogP) is 0.132. The first kappa shape index (κ1) is 14.1. The number of aliphatic hydroxyl groups is 1. The van der Waals surface area contributed by atoms with Gasteiger partial charge in [0.25, 0.3) is 0 Å². The van der Waals surface area contributed by atoms with Gasteiger partial charge in [-0.25, -0.2) is 4.68 Å². The van der Waals surface area contributed by atoms with E-state index in [-0.39, 0.29) is 12.1 Å². The quantitative estimate of drug-likeness (QED) is 0.665. The third-order valence-electron chi connectivity index (χ3n) is 2.19. The lowest BCUT2D eigenvalue weighted by molar-refractivity contribution is 0.0937. The van der Waals surface area contributed by atoms with E-state index in [1.54, 1.807) is 0 Å². The summed E-state index contributed by atoms with van der Waals surface area (Å²) in [6, 6.07) is 0. The molecule has 6 nitrogen and oxygen atoms in total. The third kappa shape index (κ3) is 5.25. The van der Waals surface area contributed by atoms with E-state index in [0.29, 0.717) is 19.8 Å². The predicted molar refractivity (Wildman–Crippen MR) is 64.6 cm³/mol. The lowest BCUT2D eigenvalue weighted by Gasteiger charge is -2.17. The van der Waals surface area contributed by atoms with Crippen LogP contribution in [0.4, 0.5) is 0 Å². The molecule has 0 aromatic carbocycles. The normalized spacial score (nSPS) is 12.0. The highest BCUT2D eigenvalue weighted by molar-refractivity contribution is 4.93. The van der Waals surface area contributed by atoms with Gasteiger partial charge in [0.1, 0.15) is 0 Å². The van der Waals surface area contributed by atoms with Crippen LogP contribution in [0.5, 0.6) is 0 Å². The summed E-state index contributed by atoms with van der Waals surface area (Å²) in [7, 11) is 0. The molecule has 0 fully saturated rings. The Morgan fingerprint density at radius 3 is 2.76 bits per heavy atom. The largest absolute Gasteiger partial charge is 0.394 e. The Balaban J connectivity index is 2.21. The molecule has 0 unspecified atom stereocenters. The van der Waals surface area contributed by atoms with E-state index in [1.165, 1.54) is 0 Å². The molecule has 0 saturated heterocycles. The van der Waals surface area contributed by atoms with Crippen LogP contribution in [0.15, 0.2) is 6.20 Å². The van der Waals surface area contributed by atoms with Gasteiger partial charge in [-0.05, 0) is 20.8 Å². The van der Waals surface area contributed by atoms with Gasteiger partial charge >= 0.3 is 0 Å². The molecule has 0 spiro atoms. The molecule has 0 aliphatic carbocycles. The smallest absolute Gasteiger partial charge is 0.0965 e. The highest BCUT2D eigenvalue weighted by Crippen LogP contribution is 2.11. The summed E-state index contributed by atoms with van der Waals surface area (Å²) in [5.74, 6) is 0. The van der Waals surface area contributed by atoms with Crippen LogP contribution in [0.2, 0.25) is 0 Å². The Labute approximate surface area is 102 Å². The molecule has 6 heteroatoms. The van der Waals surface area contributed by atoms with Crippen molar-refractivity contribution in [2.75, 3.05) is 26.4 Å². The Morgan fingerprint density at radius 2 is 2.18 bits per heavy atom. The first-order valence-electron chi connectivity index (χ1n) is 5.85. The summed E-state index contributed by atoms with van der Waals surface area (Å²) in [6.45, 7) is 8.72. The maximum Gasteiger partial charge on any atom is 0.0965 e. The number of nitrogens with zero attached hydrogens (tertiary/aromatic N) is 3. The van der Waals surface area contributed by atoms with Crippen molar-refractivity contribution in [3.8, 4) is 0 Å². The average Bonchev–Trinajstić information content (AvgIpc) is 2.71. The van der Waals surface area contributed by atoms with Gasteiger partial charge < -0.3 is 15.2 Å². The molecule has 0 bridgehead atoms. The van der Waals surface area contributed by atoms with E-state index in [2.05, 4.69) is 36.4 Å². The molecule has 0 atom stereocenters. The van der Waals surface area contributed by atoms with Gasteiger partial charge in [0.05, 0.1) is 37.3 Å². The molecule has 1 aromatic rings. The Kier molecular flexibility index (Phi) is 5.54. The lowest BCUT2D eigenvalue weighted by Crippen LogP contribution is -2.22. The Hall–Kier alpha value is -0.980. The summed E-state index contributed by atoms with van der Waals surface area (Å²) in [5, 5.41) is 19.9. The highest BCUT2D eigenvalue weighted by atomic mass is 16.5. The minimum Gasteiger partial charge on any atom is -0.394 e. The topological polar surface area (TPSA) is 72.2 Å². The zero-order valence-electron chi connectivity index (χ0n) is 10.8. The summed E-state index contributed by atoms with van der Waals surface area (Å²) >= 11 is 0. The molecule has 1 aromatic heterocycles. The van der Waals surface area contributed by atoms with Crippen LogP contribution < -0.4 is 5.32 Å². The number of aliphatic hydroxyl groups excluding tert-OH is 1. The number of hydrogen-bond acceptors (Lipinski definition) is 5. The highest BCUT2D eigenvalue weighted by Gasteiger charge is 2.14. The number of rotatable bonds is 7. The maximum absolute atomic E-state index is 8.51. The molecule has 1 heterocycles. The standard InChI is InChI=1S/C11H22N4O2/c1-11(2,3)15-9-10(13-14-15)8-12-4-6-17-7-5-16/h9,12,16H,4-8H2,1-3H3. The lowest BCUT2D eigenvalue weighted by atomic mass is 10.1. The van der Waals surface area contributed by atoms with Gasteiger partial charge in [-0.1, -0.05) is 5.21 Å². The molecule has 0 aliphatic heterocycles. The van der Waals surface area contributed by atoms with Crippen LogP contribution in [-0.2, 0) is 16.8 Å². The van der Waals surface area contributed by atoms with Crippen molar-refractivity contribution in [3.05, 3.63) is 11.9 Å². The zero-order valence-corrected chi connectivity index (χ0v) is 10.8. The monoisotopic (exact) mass is 242 g/mol. The fourth-order valence-corrected chi connectivity index (χ4v) is 1.23.